The molecule has 3 N–H and O–H groups in total. The molecule has 1 aromatic rings. The van der Waals surface area contributed by atoms with Crippen LogP contribution in [0.1, 0.15) is 13.8 Å². The summed E-state index contributed by atoms with van der Waals surface area (Å²) >= 11 is 11.2. The molecular formula is C15H21ClN4OS. The second-order valence-corrected chi connectivity index (χ2v) is 6.47. The van der Waals surface area contributed by atoms with Crippen LogP contribution in [-0.2, 0) is 4.79 Å². The van der Waals surface area contributed by atoms with Gasteiger partial charge in [0.25, 0.3) is 0 Å². The van der Waals surface area contributed by atoms with Gasteiger partial charge in [-0.05, 0) is 30.4 Å². The molecule has 1 saturated heterocycles. The fourth-order valence-electron chi connectivity index (χ4n) is 2.52. The molecule has 22 heavy (non-hydrogen) atoms. The average Bonchev–Trinajstić information content (AvgIpc) is 2.46. The molecule has 5 nitrogen and oxygen atoms in total. The number of piperazine rings is 1. The SMILES string of the molecule is CC(C)C(=O)N1CCN(c2ccc(NC(N)=S)cc2Cl)CC1. The zero-order valence-corrected chi connectivity index (χ0v) is 14.4. The number of nitrogens with zero attached hydrogens (tertiary/aromatic N) is 2. The molecule has 1 amide bonds. The lowest BCUT2D eigenvalue weighted by atomic mass is 10.1. The van der Waals surface area contributed by atoms with Gasteiger partial charge in [-0.15, -0.1) is 0 Å². The molecule has 0 aliphatic carbocycles. The van der Waals surface area contributed by atoms with Crippen molar-refractivity contribution in [1.82, 2.24) is 4.90 Å². The van der Waals surface area contributed by atoms with Crippen LogP contribution in [0.4, 0.5) is 11.4 Å². The molecule has 2 rings (SSSR count). The summed E-state index contributed by atoms with van der Waals surface area (Å²) in [6, 6.07) is 5.65. The monoisotopic (exact) mass is 340 g/mol. The van der Waals surface area contributed by atoms with E-state index in [4.69, 9.17) is 29.6 Å². The molecule has 1 aliphatic rings. The maximum atomic E-state index is 12.0. The number of hydrogen-bond acceptors (Lipinski definition) is 3. The predicted molar refractivity (Wildman–Crippen MR) is 95.5 cm³/mol. The molecule has 1 aliphatic heterocycles. The van der Waals surface area contributed by atoms with Crippen molar-refractivity contribution in [2.75, 3.05) is 36.4 Å². The summed E-state index contributed by atoms with van der Waals surface area (Å²) in [6.45, 7) is 6.86. The van der Waals surface area contributed by atoms with E-state index in [-0.39, 0.29) is 16.9 Å². The lowest BCUT2D eigenvalue weighted by molar-refractivity contribution is -0.134. The van der Waals surface area contributed by atoms with Crippen LogP contribution in [0.5, 0.6) is 0 Å². The Morgan fingerprint density at radius 1 is 1.32 bits per heavy atom. The maximum Gasteiger partial charge on any atom is 0.225 e. The van der Waals surface area contributed by atoms with Gasteiger partial charge in [-0.25, -0.2) is 0 Å². The highest BCUT2D eigenvalue weighted by Crippen LogP contribution is 2.29. The van der Waals surface area contributed by atoms with Crippen molar-refractivity contribution in [1.29, 1.82) is 0 Å². The number of nitrogens with one attached hydrogen (secondary N) is 1. The minimum atomic E-state index is 0.0422. The zero-order valence-electron chi connectivity index (χ0n) is 12.8. The lowest BCUT2D eigenvalue weighted by Gasteiger charge is -2.37. The Kier molecular flexibility index (Phi) is 5.47. The van der Waals surface area contributed by atoms with Crippen molar-refractivity contribution in [3.8, 4) is 0 Å². The van der Waals surface area contributed by atoms with Crippen LogP contribution in [0.25, 0.3) is 0 Å². The fraction of sp³-hybridized carbons (Fsp3) is 0.467. The third-order valence-corrected chi connectivity index (χ3v) is 4.05. The highest BCUT2D eigenvalue weighted by atomic mass is 35.5. The van der Waals surface area contributed by atoms with Gasteiger partial charge in [0, 0.05) is 37.8 Å². The lowest BCUT2D eigenvalue weighted by Crippen LogP contribution is -2.50. The quantitative estimate of drug-likeness (QED) is 0.827. The van der Waals surface area contributed by atoms with Gasteiger partial charge in [-0.2, -0.15) is 0 Å². The summed E-state index contributed by atoms with van der Waals surface area (Å²) in [7, 11) is 0. The van der Waals surface area contributed by atoms with Crippen molar-refractivity contribution >= 4 is 46.2 Å². The first-order valence-corrected chi connectivity index (χ1v) is 8.07. The van der Waals surface area contributed by atoms with E-state index in [0.717, 1.165) is 37.6 Å². The highest BCUT2D eigenvalue weighted by molar-refractivity contribution is 7.80. The summed E-state index contributed by atoms with van der Waals surface area (Å²) in [5, 5.41) is 3.72. The van der Waals surface area contributed by atoms with Gasteiger partial charge in [0.2, 0.25) is 5.91 Å². The van der Waals surface area contributed by atoms with E-state index in [2.05, 4.69) is 10.2 Å². The summed E-state index contributed by atoms with van der Waals surface area (Å²) < 4.78 is 0. The summed E-state index contributed by atoms with van der Waals surface area (Å²) in [5.41, 5.74) is 7.19. The van der Waals surface area contributed by atoms with E-state index >= 15 is 0 Å². The Morgan fingerprint density at radius 3 is 2.45 bits per heavy atom. The van der Waals surface area contributed by atoms with Crippen LogP contribution in [0, 0.1) is 5.92 Å². The summed E-state index contributed by atoms with van der Waals surface area (Å²) in [6.07, 6.45) is 0. The van der Waals surface area contributed by atoms with Crippen molar-refractivity contribution in [3.63, 3.8) is 0 Å². The second kappa shape index (κ2) is 7.15. The summed E-state index contributed by atoms with van der Waals surface area (Å²) in [5.74, 6) is 0.252. The van der Waals surface area contributed by atoms with Gasteiger partial charge < -0.3 is 20.9 Å². The molecule has 1 fully saturated rings. The van der Waals surface area contributed by atoms with Gasteiger partial charge in [0.15, 0.2) is 5.11 Å². The van der Waals surface area contributed by atoms with E-state index in [1.54, 1.807) is 0 Å². The molecule has 0 unspecified atom stereocenters. The summed E-state index contributed by atoms with van der Waals surface area (Å²) in [4.78, 5) is 16.1. The molecule has 0 saturated carbocycles. The maximum absolute atomic E-state index is 12.0. The molecule has 120 valence electrons. The van der Waals surface area contributed by atoms with Crippen LogP contribution in [0.15, 0.2) is 18.2 Å². The van der Waals surface area contributed by atoms with E-state index in [0.29, 0.717) is 5.02 Å². The topological polar surface area (TPSA) is 61.6 Å². The average molecular weight is 341 g/mol. The number of thiocarbonyl (C=S) groups is 1. The predicted octanol–water partition coefficient (Wildman–Crippen LogP) is 2.30. The molecule has 0 radical (unpaired) electrons. The van der Waals surface area contributed by atoms with Crippen molar-refractivity contribution < 1.29 is 4.79 Å². The molecule has 0 spiro atoms. The van der Waals surface area contributed by atoms with Crippen molar-refractivity contribution in [2.24, 2.45) is 11.7 Å². The number of benzene rings is 1. The Labute approximate surface area is 141 Å². The van der Waals surface area contributed by atoms with Crippen LogP contribution >= 0.6 is 23.8 Å². The molecule has 1 aromatic carbocycles. The molecule has 0 aromatic heterocycles. The number of nitrogens with two attached hydrogens (primary N) is 1. The smallest absolute Gasteiger partial charge is 0.225 e. The van der Waals surface area contributed by atoms with Gasteiger partial charge in [0.1, 0.15) is 0 Å². The first kappa shape index (κ1) is 16.8. The number of carbonyl (C=O) groups is 1. The van der Waals surface area contributed by atoms with E-state index < -0.39 is 0 Å². The zero-order chi connectivity index (χ0) is 16.3. The number of halogens is 1. The van der Waals surface area contributed by atoms with Crippen molar-refractivity contribution in [3.05, 3.63) is 23.2 Å². The van der Waals surface area contributed by atoms with E-state index in [1.807, 2.05) is 36.9 Å². The first-order chi connectivity index (χ1) is 10.4. The van der Waals surface area contributed by atoms with Crippen molar-refractivity contribution in [2.45, 2.75) is 13.8 Å². The van der Waals surface area contributed by atoms with Gasteiger partial charge in [-0.1, -0.05) is 25.4 Å². The number of hydrogen-bond donors (Lipinski definition) is 2. The molecular weight excluding hydrogens is 320 g/mol. The molecule has 1 heterocycles. The largest absolute Gasteiger partial charge is 0.376 e. The minimum absolute atomic E-state index is 0.0422. The Bertz CT molecular complexity index is 571. The van der Waals surface area contributed by atoms with Gasteiger partial charge in [0.05, 0.1) is 10.7 Å². The fourth-order valence-corrected chi connectivity index (χ4v) is 2.93. The van der Waals surface area contributed by atoms with Crippen LogP contribution < -0.4 is 16.0 Å². The molecule has 0 atom stereocenters. The minimum Gasteiger partial charge on any atom is -0.376 e. The standard InChI is InChI=1S/C15H21ClN4OS/c1-10(2)14(21)20-7-5-19(6-8-20)13-4-3-11(9-12(13)16)18-15(17)22/h3-4,9-10H,5-8H2,1-2H3,(H3,17,18,22). The number of amides is 1. The third-order valence-electron chi connectivity index (χ3n) is 3.64. The van der Waals surface area contributed by atoms with Crippen LogP contribution in [0.2, 0.25) is 5.02 Å². The van der Waals surface area contributed by atoms with Crippen LogP contribution in [-0.4, -0.2) is 42.1 Å². The van der Waals surface area contributed by atoms with Gasteiger partial charge in [-0.3, -0.25) is 4.79 Å². The third kappa shape index (κ3) is 4.01. The van der Waals surface area contributed by atoms with E-state index in [1.165, 1.54) is 0 Å². The molecule has 7 heteroatoms. The Morgan fingerprint density at radius 2 is 1.95 bits per heavy atom. The Hall–Kier alpha value is -1.53. The van der Waals surface area contributed by atoms with Gasteiger partial charge >= 0.3 is 0 Å². The van der Waals surface area contributed by atoms with E-state index in [9.17, 15) is 4.79 Å². The number of anilines is 2. The first-order valence-electron chi connectivity index (χ1n) is 7.28. The Balaban J connectivity index is 2.02. The number of rotatable bonds is 3. The molecule has 0 bridgehead atoms. The number of carbonyl (C=O) groups excluding carboxylic acids is 1. The highest BCUT2D eigenvalue weighted by Gasteiger charge is 2.23. The van der Waals surface area contributed by atoms with Crippen LogP contribution in [0.3, 0.4) is 0 Å². The second-order valence-electron chi connectivity index (χ2n) is 5.62. The normalized spacial score (nSPS) is 15.1.